The molecule has 0 radical (unpaired) electrons. The number of amides is 1. The fraction of sp³-hybridized carbons (Fsp3) is 0.200. The van der Waals surface area contributed by atoms with Crippen molar-refractivity contribution in [3.63, 3.8) is 0 Å². The highest BCUT2D eigenvalue weighted by molar-refractivity contribution is 6.14. The topological polar surface area (TPSA) is 50.7 Å². The van der Waals surface area contributed by atoms with Crippen LogP contribution in [0.1, 0.15) is 23.1 Å². The summed E-state index contributed by atoms with van der Waals surface area (Å²) < 4.78 is 5.23. The number of amidine groups is 1. The van der Waals surface area contributed by atoms with Crippen LogP contribution in [0.5, 0.6) is 5.75 Å². The Hall–Kier alpha value is -2.88. The minimum atomic E-state index is -0.142. The number of rotatable bonds is 5. The summed E-state index contributed by atoms with van der Waals surface area (Å²) in [5.74, 6) is 1.40. The van der Waals surface area contributed by atoms with Crippen molar-refractivity contribution < 1.29 is 9.53 Å². The molecule has 4 heteroatoms. The molecule has 2 aromatic rings. The van der Waals surface area contributed by atoms with Crippen LogP contribution in [0.3, 0.4) is 0 Å². The first-order chi connectivity index (χ1) is 11.6. The Labute approximate surface area is 141 Å². The van der Waals surface area contributed by atoms with E-state index < -0.39 is 0 Å². The maximum atomic E-state index is 12.1. The average Bonchev–Trinajstić information content (AvgIpc) is 2.95. The lowest BCUT2D eigenvalue weighted by molar-refractivity contribution is -0.115. The molecule has 1 aliphatic heterocycles. The third-order valence-electron chi connectivity index (χ3n) is 3.91. The zero-order chi connectivity index (χ0) is 16.9. The zero-order valence-electron chi connectivity index (χ0n) is 13.9. The Morgan fingerprint density at radius 1 is 1.12 bits per heavy atom. The number of nitrogens with one attached hydrogen (secondary N) is 1. The molecule has 1 heterocycles. The lowest BCUT2D eigenvalue weighted by Gasteiger charge is -2.04. The standard InChI is InChI=1S/C20H20N2O2/c1-14-6-8-16(9-7-14)13-18-20(23)22-19(21-18)11-10-15-4-3-5-17(12-15)24-2/h3-9,12-13H,10-11H2,1-2H3,(H,21,22,23)/b18-13+. The second kappa shape index (κ2) is 7.13. The van der Waals surface area contributed by atoms with Gasteiger partial charge in [-0.3, -0.25) is 4.79 Å². The van der Waals surface area contributed by atoms with E-state index in [0.717, 1.165) is 23.3 Å². The van der Waals surface area contributed by atoms with E-state index in [4.69, 9.17) is 4.74 Å². The lowest BCUT2D eigenvalue weighted by atomic mass is 10.1. The number of hydrogen-bond donors (Lipinski definition) is 1. The SMILES string of the molecule is COc1cccc(CCC2=N/C(=C/c3ccc(C)cc3)C(=O)N2)c1. The number of aliphatic imine (C=N–C) groups is 1. The predicted molar refractivity (Wildman–Crippen MR) is 96.0 cm³/mol. The van der Waals surface area contributed by atoms with E-state index in [2.05, 4.69) is 10.3 Å². The highest BCUT2D eigenvalue weighted by atomic mass is 16.5. The number of benzene rings is 2. The Kier molecular flexibility index (Phi) is 4.75. The molecular formula is C20H20N2O2. The lowest BCUT2D eigenvalue weighted by Crippen LogP contribution is -2.24. The monoisotopic (exact) mass is 320 g/mol. The van der Waals surface area contributed by atoms with E-state index in [1.807, 2.05) is 61.5 Å². The Morgan fingerprint density at radius 2 is 1.92 bits per heavy atom. The molecule has 0 spiro atoms. The molecule has 0 bridgehead atoms. The summed E-state index contributed by atoms with van der Waals surface area (Å²) in [7, 11) is 1.66. The van der Waals surface area contributed by atoms with Gasteiger partial charge in [-0.1, -0.05) is 42.0 Å². The molecule has 0 saturated carbocycles. The largest absolute Gasteiger partial charge is 0.497 e. The first-order valence-electron chi connectivity index (χ1n) is 7.94. The van der Waals surface area contributed by atoms with Gasteiger partial charge in [-0.2, -0.15) is 0 Å². The molecule has 0 unspecified atom stereocenters. The van der Waals surface area contributed by atoms with Gasteiger partial charge in [-0.15, -0.1) is 0 Å². The normalized spacial score (nSPS) is 15.3. The molecule has 0 atom stereocenters. The Morgan fingerprint density at radius 3 is 2.67 bits per heavy atom. The van der Waals surface area contributed by atoms with Crippen LogP contribution in [0, 0.1) is 6.92 Å². The minimum Gasteiger partial charge on any atom is -0.497 e. The van der Waals surface area contributed by atoms with Crippen molar-refractivity contribution in [2.75, 3.05) is 7.11 Å². The number of carbonyl (C=O) groups excluding carboxylic acids is 1. The molecule has 24 heavy (non-hydrogen) atoms. The van der Waals surface area contributed by atoms with Crippen LogP contribution in [0.2, 0.25) is 0 Å². The molecule has 0 saturated heterocycles. The van der Waals surface area contributed by atoms with Gasteiger partial charge in [-0.25, -0.2) is 4.99 Å². The van der Waals surface area contributed by atoms with Gasteiger partial charge in [0.1, 0.15) is 17.3 Å². The van der Waals surface area contributed by atoms with Crippen LogP contribution in [-0.2, 0) is 11.2 Å². The first-order valence-corrected chi connectivity index (χ1v) is 7.94. The van der Waals surface area contributed by atoms with Crippen molar-refractivity contribution in [1.82, 2.24) is 5.32 Å². The van der Waals surface area contributed by atoms with Gasteiger partial charge in [0.2, 0.25) is 0 Å². The van der Waals surface area contributed by atoms with Crippen molar-refractivity contribution in [2.45, 2.75) is 19.8 Å². The van der Waals surface area contributed by atoms with E-state index in [1.54, 1.807) is 7.11 Å². The van der Waals surface area contributed by atoms with Gasteiger partial charge in [0.15, 0.2) is 0 Å². The molecule has 1 N–H and O–H groups in total. The molecule has 0 fully saturated rings. The number of nitrogens with zero attached hydrogens (tertiary/aromatic N) is 1. The van der Waals surface area contributed by atoms with E-state index in [0.29, 0.717) is 18.0 Å². The summed E-state index contributed by atoms with van der Waals surface area (Å²) in [6, 6.07) is 15.9. The van der Waals surface area contributed by atoms with Gasteiger partial charge in [0, 0.05) is 6.42 Å². The summed E-state index contributed by atoms with van der Waals surface area (Å²) in [6.07, 6.45) is 3.30. The molecule has 0 aromatic heterocycles. The molecule has 1 amide bonds. The molecule has 0 aliphatic carbocycles. The molecule has 122 valence electrons. The summed E-state index contributed by atoms with van der Waals surface area (Å²) in [6.45, 7) is 2.04. The molecule has 2 aromatic carbocycles. The van der Waals surface area contributed by atoms with Crippen molar-refractivity contribution in [1.29, 1.82) is 0 Å². The van der Waals surface area contributed by atoms with Crippen molar-refractivity contribution >= 4 is 17.8 Å². The second-order valence-electron chi connectivity index (χ2n) is 5.80. The molecule has 4 nitrogen and oxygen atoms in total. The van der Waals surface area contributed by atoms with Gasteiger partial charge in [-0.05, 0) is 42.7 Å². The van der Waals surface area contributed by atoms with Crippen LogP contribution in [0.25, 0.3) is 6.08 Å². The van der Waals surface area contributed by atoms with Gasteiger partial charge in [0.05, 0.1) is 7.11 Å². The van der Waals surface area contributed by atoms with E-state index >= 15 is 0 Å². The van der Waals surface area contributed by atoms with Gasteiger partial charge < -0.3 is 10.1 Å². The average molecular weight is 320 g/mol. The van der Waals surface area contributed by atoms with Crippen LogP contribution in [-0.4, -0.2) is 18.9 Å². The van der Waals surface area contributed by atoms with Crippen LogP contribution in [0.4, 0.5) is 0 Å². The van der Waals surface area contributed by atoms with Crippen molar-refractivity contribution in [2.24, 2.45) is 4.99 Å². The first kappa shape index (κ1) is 16.0. The number of methoxy groups -OCH3 is 1. The summed E-state index contributed by atoms with van der Waals surface area (Å²) >= 11 is 0. The maximum Gasteiger partial charge on any atom is 0.275 e. The van der Waals surface area contributed by atoms with E-state index in [9.17, 15) is 4.79 Å². The smallest absolute Gasteiger partial charge is 0.275 e. The number of ether oxygens (including phenoxy) is 1. The molecule has 1 aliphatic rings. The molecule has 3 rings (SSSR count). The predicted octanol–water partition coefficient (Wildman–Crippen LogP) is 3.51. The summed E-state index contributed by atoms with van der Waals surface area (Å²) in [5.41, 5.74) is 3.78. The fourth-order valence-electron chi connectivity index (χ4n) is 2.55. The number of carbonyl (C=O) groups is 1. The Bertz CT molecular complexity index is 805. The van der Waals surface area contributed by atoms with Crippen molar-refractivity contribution in [3.05, 3.63) is 70.9 Å². The number of aryl methyl sites for hydroxylation is 2. The highest BCUT2D eigenvalue weighted by Crippen LogP contribution is 2.17. The van der Waals surface area contributed by atoms with Crippen LogP contribution in [0.15, 0.2) is 59.2 Å². The van der Waals surface area contributed by atoms with E-state index in [-0.39, 0.29) is 5.91 Å². The number of hydrogen-bond acceptors (Lipinski definition) is 3. The fourth-order valence-corrected chi connectivity index (χ4v) is 2.55. The highest BCUT2D eigenvalue weighted by Gasteiger charge is 2.19. The van der Waals surface area contributed by atoms with Crippen LogP contribution >= 0.6 is 0 Å². The Balaban J connectivity index is 1.68. The third kappa shape index (κ3) is 3.90. The summed E-state index contributed by atoms with van der Waals surface area (Å²) in [5, 5.41) is 2.85. The summed E-state index contributed by atoms with van der Waals surface area (Å²) in [4.78, 5) is 16.5. The van der Waals surface area contributed by atoms with E-state index in [1.165, 1.54) is 5.56 Å². The molecular weight excluding hydrogens is 300 g/mol. The second-order valence-corrected chi connectivity index (χ2v) is 5.80. The van der Waals surface area contributed by atoms with Gasteiger partial charge in [0.25, 0.3) is 5.91 Å². The van der Waals surface area contributed by atoms with Crippen molar-refractivity contribution in [3.8, 4) is 5.75 Å². The maximum absolute atomic E-state index is 12.1. The van der Waals surface area contributed by atoms with Crippen LogP contribution < -0.4 is 10.1 Å². The quantitative estimate of drug-likeness (QED) is 0.857. The minimum absolute atomic E-state index is 0.142. The third-order valence-corrected chi connectivity index (χ3v) is 3.91. The van der Waals surface area contributed by atoms with Gasteiger partial charge >= 0.3 is 0 Å². The zero-order valence-corrected chi connectivity index (χ0v) is 13.9.